The van der Waals surface area contributed by atoms with Gasteiger partial charge >= 0.3 is 0 Å². The van der Waals surface area contributed by atoms with Crippen molar-refractivity contribution in [2.75, 3.05) is 37.6 Å². The van der Waals surface area contributed by atoms with E-state index in [1.165, 1.54) is 6.07 Å². The maximum atomic E-state index is 13.2. The monoisotopic (exact) mass is 269 g/mol. The molecule has 0 unspecified atom stereocenters. The first-order valence-corrected chi connectivity index (χ1v) is 6.29. The third kappa shape index (κ3) is 3.20. The van der Waals surface area contributed by atoms with Crippen molar-refractivity contribution in [3.05, 3.63) is 29.8 Å². The Balaban J connectivity index is 1.96. The van der Waals surface area contributed by atoms with Gasteiger partial charge in [0.05, 0.1) is 0 Å². The van der Waals surface area contributed by atoms with E-state index < -0.39 is 11.6 Å². The molecule has 4 nitrogen and oxygen atoms in total. The summed E-state index contributed by atoms with van der Waals surface area (Å²) in [5.41, 5.74) is 5.99. The van der Waals surface area contributed by atoms with E-state index in [1.54, 1.807) is 11.0 Å². The molecule has 1 amide bonds. The van der Waals surface area contributed by atoms with Crippen LogP contribution in [0.4, 0.5) is 14.5 Å². The highest BCUT2D eigenvalue weighted by atomic mass is 19.2. The predicted octanol–water partition coefficient (Wildman–Crippen LogP) is 0.962. The third-order valence-electron chi connectivity index (χ3n) is 3.26. The summed E-state index contributed by atoms with van der Waals surface area (Å²) in [4.78, 5) is 15.4. The molecule has 2 N–H and O–H groups in total. The molecule has 1 fully saturated rings. The minimum atomic E-state index is -0.848. The largest absolute Gasteiger partial charge is 0.368 e. The van der Waals surface area contributed by atoms with Crippen LogP contribution in [0.15, 0.2) is 18.2 Å². The van der Waals surface area contributed by atoms with E-state index in [1.807, 2.05) is 4.90 Å². The molecule has 1 heterocycles. The van der Waals surface area contributed by atoms with Crippen molar-refractivity contribution >= 4 is 11.6 Å². The third-order valence-corrected chi connectivity index (χ3v) is 3.26. The number of nitrogens with zero attached hydrogens (tertiary/aromatic N) is 2. The average molecular weight is 269 g/mol. The maximum Gasteiger partial charge on any atom is 0.223 e. The number of hydrogen-bond donors (Lipinski definition) is 1. The fraction of sp³-hybridized carbons (Fsp3) is 0.462. The molecule has 1 aliphatic rings. The van der Waals surface area contributed by atoms with Gasteiger partial charge in [-0.15, -0.1) is 0 Å². The van der Waals surface area contributed by atoms with Gasteiger partial charge in [0.15, 0.2) is 11.6 Å². The van der Waals surface area contributed by atoms with E-state index in [0.29, 0.717) is 44.8 Å². The molecule has 6 heteroatoms. The first kappa shape index (κ1) is 13.7. The molecule has 2 rings (SSSR count). The van der Waals surface area contributed by atoms with Crippen molar-refractivity contribution in [2.24, 2.45) is 5.73 Å². The number of piperazine rings is 1. The minimum Gasteiger partial charge on any atom is -0.368 e. The Bertz CT molecular complexity index is 459. The molecule has 1 aliphatic heterocycles. The zero-order valence-corrected chi connectivity index (χ0v) is 10.6. The lowest BCUT2D eigenvalue weighted by atomic mass is 10.2. The van der Waals surface area contributed by atoms with Crippen LogP contribution in [0.25, 0.3) is 0 Å². The molecule has 0 radical (unpaired) electrons. The van der Waals surface area contributed by atoms with Gasteiger partial charge in [0, 0.05) is 50.9 Å². The molecule has 1 aromatic carbocycles. The normalized spacial score (nSPS) is 15.7. The molecule has 1 saturated heterocycles. The molecular formula is C13H17F2N3O. The molecule has 0 bridgehead atoms. The van der Waals surface area contributed by atoms with Crippen molar-refractivity contribution in [3.8, 4) is 0 Å². The summed E-state index contributed by atoms with van der Waals surface area (Å²) in [7, 11) is 0. The van der Waals surface area contributed by atoms with Gasteiger partial charge in [-0.3, -0.25) is 4.79 Å². The quantitative estimate of drug-likeness (QED) is 0.889. The second kappa shape index (κ2) is 5.97. The van der Waals surface area contributed by atoms with Gasteiger partial charge in [-0.05, 0) is 12.1 Å². The SMILES string of the molecule is NCCC(=O)N1CCN(c2ccc(F)c(F)c2)CC1. The van der Waals surface area contributed by atoms with Gasteiger partial charge in [-0.2, -0.15) is 0 Å². The van der Waals surface area contributed by atoms with Crippen LogP contribution >= 0.6 is 0 Å². The van der Waals surface area contributed by atoms with Gasteiger partial charge in [-0.25, -0.2) is 8.78 Å². The smallest absolute Gasteiger partial charge is 0.223 e. The highest BCUT2D eigenvalue weighted by Crippen LogP contribution is 2.19. The summed E-state index contributed by atoms with van der Waals surface area (Å²) in [6.07, 6.45) is 0.352. The highest BCUT2D eigenvalue weighted by Gasteiger charge is 2.21. The van der Waals surface area contributed by atoms with Crippen LogP contribution in [0.3, 0.4) is 0 Å². The molecule has 0 atom stereocenters. The highest BCUT2D eigenvalue weighted by molar-refractivity contribution is 5.76. The van der Waals surface area contributed by atoms with E-state index >= 15 is 0 Å². The Morgan fingerprint density at radius 3 is 2.42 bits per heavy atom. The zero-order chi connectivity index (χ0) is 13.8. The Labute approximate surface area is 110 Å². The number of anilines is 1. The summed E-state index contributed by atoms with van der Waals surface area (Å²) in [6, 6.07) is 3.86. The average Bonchev–Trinajstić information content (AvgIpc) is 2.42. The molecule has 0 aromatic heterocycles. The van der Waals surface area contributed by atoms with Crippen molar-refractivity contribution in [1.82, 2.24) is 4.90 Å². The molecule has 0 saturated carbocycles. The predicted molar refractivity (Wildman–Crippen MR) is 68.8 cm³/mol. The van der Waals surface area contributed by atoms with Crippen molar-refractivity contribution in [1.29, 1.82) is 0 Å². The summed E-state index contributed by atoms with van der Waals surface area (Å²) in [5.74, 6) is -1.65. The zero-order valence-electron chi connectivity index (χ0n) is 10.6. The second-order valence-corrected chi connectivity index (χ2v) is 4.50. The number of amides is 1. The van der Waals surface area contributed by atoms with Crippen LogP contribution in [0.2, 0.25) is 0 Å². The number of carbonyl (C=O) groups is 1. The molecule has 0 aliphatic carbocycles. The summed E-state index contributed by atoms with van der Waals surface area (Å²) in [5, 5.41) is 0. The topological polar surface area (TPSA) is 49.6 Å². The number of rotatable bonds is 3. The second-order valence-electron chi connectivity index (χ2n) is 4.50. The van der Waals surface area contributed by atoms with E-state index in [2.05, 4.69) is 0 Å². The fourth-order valence-corrected chi connectivity index (χ4v) is 2.18. The molecule has 19 heavy (non-hydrogen) atoms. The van der Waals surface area contributed by atoms with Gasteiger partial charge in [0.25, 0.3) is 0 Å². The van der Waals surface area contributed by atoms with Crippen molar-refractivity contribution in [2.45, 2.75) is 6.42 Å². The van der Waals surface area contributed by atoms with Gasteiger partial charge in [0.1, 0.15) is 0 Å². The maximum absolute atomic E-state index is 13.2. The molecule has 1 aromatic rings. The first-order valence-electron chi connectivity index (χ1n) is 6.29. The van der Waals surface area contributed by atoms with Crippen LogP contribution in [-0.2, 0) is 4.79 Å². The summed E-state index contributed by atoms with van der Waals surface area (Å²) >= 11 is 0. The standard InChI is InChI=1S/C13H17F2N3O/c14-11-2-1-10(9-12(11)15)17-5-7-18(8-6-17)13(19)3-4-16/h1-2,9H,3-8,16H2. The van der Waals surface area contributed by atoms with Gasteiger partial charge in [-0.1, -0.05) is 0 Å². The van der Waals surface area contributed by atoms with Crippen LogP contribution in [0, 0.1) is 11.6 Å². The minimum absolute atomic E-state index is 0.0486. The molecule has 0 spiro atoms. The summed E-state index contributed by atoms with van der Waals surface area (Å²) < 4.78 is 26.0. The van der Waals surface area contributed by atoms with E-state index in [9.17, 15) is 13.6 Å². The Kier molecular flexibility index (Phi) is 4.31. The lowest BCUT2D eigenvalue weighted by Gasteiger charge is -2.36. The lowest BCUT2D eigenvalue weighted by molar-refractivity contribution is -0.131. The van der Waals surface area contributed by atoms with Crippen molar-refractivity contribution < 1.29 is 13.6 Å². The van der Waals surface area contributed by atoms with Crippen LogP contribution in [0.5, 0.6) is 0 Å². The van der Waals surface area contributed by atoms with E-state index in [0.717, 1.165) is 6.07 Å². The Morgan fingerprint density at radius 1 is 1.16 bits per heavy atom. The molecule has 104 valence electrons. The van der Waals surface area contributed by atoms with Crippen LogP contribution in [0.1, 0.15) is 6.42 Å². The number of nitrogens with two attached hydrogens (primary N) is 1. The number of hydrogen-bond acceptors (Lipinski definition) is 3. The van der Waals surface area contributed by atoms with Crippen molar-refractivity contribution in [3.63, 3.8) is 0 Å². The van der Waals surface area contributed by atoms with E-state index in [4.69, 9.17) is 5.73 Å². The first-order chi connectivity index (χ1) is 9.11. The number of carbonyl (C=O) groups excluding carboxylic acids is 1. The Morgan fingerprint density at radius 2 is 1.84 bits per heavy atom. The van der Waals surface area contributed by atoms with Crippen LogP contribution < -0.4 is 10.6 Å². The van der Waals surface area contributed by atoms with E-state index in [-0.39, 0.29) is 5.91 Å². The number of benzene rings is 1. The lowest BCUT2D eigenvalue weighted by Crippen LogP contribution is -2.49. The summed E-state index contributed by atoms with van der Waals surface area (Å²) in [6.45, 7) is 2.74. The van der Waals surface area contributed by atoms with Gasteiger partial charge in [0.2, 0.25) is 5.91 Å². The number of halogens is 2. The van der Waals surface area contributed by atoms with Crippen LogP contribution in [-0.4, -0.2) is 43.5 Å². The fourth-order valence-electron chi connectivity index (χ4n) is 2.18. The Hall–Kier alpha value is -1.69. The van der Waals surface area contributed by atoms with Gasteiger partial charge < -0.3 is 15.5 Å². The molecular weight excluding hydrogens is 252 g/mol.